The Morgan fingerprint density at radius 1 is 1.00 bits per heavy atom. The van der Waals surface area contributed by atoms with Crippen LogP contribution in [0.1, 0.15) is 94.4 Å². The minimum atomic E-state index is -1.06. The van der Waals surface area contributed by atoms with E-state index in [-0.39, 0.29) is 35.9 Å². The summed E-state index contributed by atoms with van der Waals surface area (Å²) in [5.41, 5.74) is -1.88. The number of nitrogens with one attached hydrogen (secondary N) is 2. The van der Waals surface area contributed by atoms with E-state index < -0.39 is 23.4 Å². The summed E-state index contributed by atoms with van der Waals surface area (Å²) in [4.78, 5) is 37.3. The van der Waals surface area contributed by atoms with Crippen molar-refractivity contribution in [1.82, 2.24) is 10.6 Å². The third-order valence-corrected chi connectivity index (χ3v) is 6.61. The van der Waals surface area contributed by atoms with E-state index in [2.05, 4.69) is 44.9 Å². The summed E-state index contributed by atoms with van der Waals surface area (Å²) < 4.78 is 22.1. The average molecular weight is 541 g/mol. The summed E-state index contributed by atoms with van der Waals surface area (Å²) in [7, 11) is 0. The van der Waals surface area contributed by atoms with Crippen LogP contribution in [0.5, 0.6) is 0 Å². The van der Waals surface area contributed by atoms with Crippen molar-refractivity contribution in [1.29, 1.82) is 0 Å². The van der Waals surface area contributed by atoms with Gasteiger partial charge in [0.1, 0.15) is 17.8 Å². The highest BCUT2D eigenvalue weighted by Crippen LogP contribution is 2.45. The molecule has 1 aliphatic carbocycles. The van der Waals surface area contributed by atoms with Gasteiger partial charge in [-0.1, -0.05) is 40.7 Å². The maximum Gasteiger partial charge on any atom is 0.407 e. The Bertz CT molecular complexity index is 822. The summed E-state index contributed by atoms with van der Waals surface area (Å²) in [5.74, 6) is -0.196. The van der Waals surface area contributed by atoms with Crippen molar-refractivity contribution < 1.29 is 33.3 Å². The quantitative estimate of drug-likeness (QED) is 0.207. The number of ketones is 1. The molecular formula is C29H52N2O7. The van der Waals surface area contributed by atoms with Gasteiger partial charge >= 0.3 is 12.2 Å². The molecule has 1 rings (SSSR count). The van der Waals surface area contributed by atoms with Crippen LogP contribution in [0.15, 0.2) is 12.2 Å². The fourth-order valence-corrected chi connectivity index (χ4v) is 5.16. The number of amides is 2. The average Bonchev–Trinajstić information content (AvgIpc) is 2.76. The van der Waals surface area contributed by atoms with Crippen LogP contribution in [0.2, 0.25) is 0 Å². The zero-order valence-corrected chi connectivity index (χ0v) is 25.2. The van der Waals surface area contributed by atoms with Gasteiger partial charge in [0.15, 0.2) is 5.78 Å². The minimum Gasteiger partial charge on any atom is -0.447 e. The Balaban J connectivity index is 2.59. The third kappa shape index (κ3) is 12.6. The van der Waals surface area contributed by atoms with E-state index in [4.69, 9.17) is 18.9 Å². The lowest BCUT2D eigenvalue weighted by Gasteiger charge is -2.46. The first-order chi connectivity index (χ1) is 17.4. The number of unbranched alkanes of at least 4 members (excludes halogenated alkanes) is 1. The molecule has 2 unspecified atom stereocenters. The zero-order valence-electron chi connectivity index (χ0n) is 25.2. The highest BCUT2D eigenvalue weighted by Gasteiger charge is 2.42. The Morgan fingerprint density at radius 2 is 1.66 bits per heavy atom. The first-order valence-corrected chi connectivity index (χ1v) is 13.7. The highest BCUT2D eigenvalue weighted by molar-refractivity contribution is 6.00. The van der Waals surface area contributed by atoms with Crippen molar-refractivity contribution in [3.63, 3.8) is 0 Å². The number of Topliss-reactive ketones (excluding diaryl/α,β-unsaturated/α-hetero) is 1. The molecule has 1 saturated carbocycles. The van der Waals surface area contributed by atoms with Crippen molar-refractivity contribution in [2.45, 2.75) is 112 Å². The number of carbonyl (C=O) groups is 3. The van der Waals surface area contributed by atoms with Gasteiger partial charge in [-0.2, -0.15) is 0 Å². The monoisotopic (exact) mass is 540 g/mol. The van der Waals surface area contributed by atoms with E-state index in [0.29, 0.717) is 31.8 Å². The van der Waals surface area contributed by atoms with Crippen LogP contribution in [0.4, 0.5) is 9.59 Å². The predicted octanol–water partition coefficient (Wildman–Crippen LogP) is 5.56. The van der Waals surface area contributed by atoms with Gasteiger partial charge in [-0.15, -0.1) is 0 Å². The molecule has 2 atom stereocenters. The molecule has 2 amide bonds. The normalized spacial score (nSPS) is 21.3. The van der Waals surface area contributed by atoms with Crippen LogP contribution in [-0.4, -0.2) is 68.2 Å². The molecular weight excluding hydrogens is 488 g/mol. The van der Waals surface area contributed by atoms with Gasteiger partial charge in [0.25, 0.3) is 0 Å². The lowest BCUT2D eigenvalue weighted by molar-refractivity contribution is -0.144. The minimum absolute atomic E-state index is 0.0334. The SMILES string of the molecule is C=C(C)C(=O)C(C)(C)OCC(C)(C)OC(=O)NCC1(C)CC(NC(=O)OCCOCCCC)CC(C)(C)C1. The van der Waals surface area contributed by atoms with Gasteiger partial charge in [0, 0.05) is 19.2 Å². The van der Waals surface area contributed by atoms with Crippen molar-refractivity contribution in [2.75, 3.05) is 33.0 Å². The molecule has 0 heterocycles. The molecule has 9 nitrogen and oxygen atoms in total. The van der Waals surface area contributed by atoms with Crippen molar-refractivity contribution >= 4 is 18.0 Å². The van der Waals surface area contributed by atoms with Crippen LogP contribution in [0.25, 0.3) is 0 Å². The molecule has 220 valence electrons. The molecule has 2 N–H and O–H groups in total. The summed E-state index contributed by atoms with van der Waals surface area (Å²) in [6.45, 7) is 22.4. The van der Waals surface area contributed by atoms with E-state index in [1.54, 1.807) is 34.6 Å². The second kappa shape index (κ2) is 14.3. The molecule has 0 saturated heterocycles. The van der Waals surface area contributed by atoms with Crippen molar-refractivity contribution in [3.8, 4) is 0 Å². The van der Waals surface area contributed by atoms with Gasteiger partial charge in [-0.25, -0.2) is 9.59 Å². The number of rotatable bonds is 15. The smallest absolute Gasteiger partial charge is 0.407 e. The summed E-state index contributed by atoms with van der Waals surface area (Å²) in [6, 6.07) is -0.0759. The van der Waals surface area contributed by atoms with Gasteiger partial charge in [0.2, 0.25) is 0 Å². The van der Waals surface area contributed by atoms with Gasteiger partial charge in [-0.05, 0) is 76.7 Å². The number of carbonyl (C=O) groups excluding carboxylic acids is 3. The number of hydrogen-bond acceptors (Lipinski definition) is 7. The molecule has 0 aromatic heterocycles. The molecule has 0 aromatic carbocycles. The van der Waals surface area contributed by atoms with Crippen LogP contribution in [-0.2, 0) is 23.7 Å². The van der Waals surface area contributed by atoms with E-state index >= 15 is 0 Å². The summed E-state index contributed by atoms with van der Waals surface area (Å²) >= 11 is 0. The molecule has 1 aliphatic rings. The van der Waals surface area contributed by atoms with Crippen molar-refractivity contribution in [2.24, 2.45) is 10.8 Å². The standard InChI is InChI=1S/C29H52N2O7/c1-11-12-13-35-14-15-36-25(34)31-22-16-26(4,5)18-29(10,17-22)19-30-24(33)38-27(6,7)20-37-28(8,9)23(32)21(2)3/h22H,2,11-20H2,1,3-10H3,(H,30,33)(H,31,34). The fraction of sp³-hybridized carbons (Fsp3) is 0.828. The molecule has 0 aromatic rings. The fourth-order valence-electron chi connectivity index (χ4n) is 5.16. The molecule has 0 bridgehead atoms. The predicted molar refractivity (Wildman–Crippen MR) is 148 cm³/mol. The summed E-state index contributed by atoms with van der Waals surface area (Å²) in [6.07, 6.45) is 3.44. The maximum absolute atomic E-state index is 12.7. The largest absolute Gasteiger partial charge is 0.447 e. The van der Waals surface area contributed by atoms with E-state index in [9.17, 15) is 14.4 Å². The van der Waals surface area contributed by atoms with Gasteiger partial charge < -0.3 is 29.6 Å². The first-order valence-electron chi connectivity index (χ1n) is 13.7. The Morgan fingerprint density at radius 3 is 2.26 bits per heavy atom. The third-order valence-electron chi connectivity index (χ3n) is 6.61. The number of hydrogen-bond donors (Lipinski definition) is 2. The topological polar surface area (TPSA) is 112 Å². The Hall–Kier alpha value is -2.13. The molecule has 0 aliphatic heterocycles. The molecule has 38 heavy (non-hydrogen) atoms. The van der Waals surface area contributed by atoms with E-state index in [0.717, 1.165) is 25.7 Å². The molecule has 0 spiro atoms. The lowest BCUT2D eigenvalue weighted by Crippen LogP contribution is -2.51. The van der Waals surface area contributed by atoms with E-state index in [1.807, 2.05) is 0 Å². The van der Waals surface area contributed by atoms with Crippen LogP contribution < -0.4 is 10.6 Å². The van der Waals surface area contributed by atoms with E-state index in [1.165, 1.54) is 0 Å². The summed E-state index contributed by atoms with van der Waals surface area (Å²) in [5, 5.41) is 5.89. The molecule has 1 fully saturated rings. The lowest BCUT2D eigenvalue weighted by atomic mass is 9.62. The second-order valence-electron chi connectivity index (χ2n) is 12.9. The van der Waals surface area contributed by atoms with Gasteiger partial charge in [-0.3, -0.25) is 4.79 Å². The second-order valence-corrected chi connectivity index (χ2v) is 12.9. The zero-order chi connectivity index (χ0) is 29.2. The Kier molecular flexibility index (Phi) is 12.8. The first kappa shape index (κ1) is 33.9. The highest BCUT2D eigenvalue weighted by atomic mass is 16.6. The maximum atomic E-state index is 12.7. The van der Waals surface area contributed by atoms with Crippen LogP contribution >= 0.6 is 0 Å². The van der Waals surface area contributed by atoms with Crippen LogP contribution in [0, 0.1) is 10.8 Å². The molecule has 9 heteroatoms. The molecule has 0 radical (unpaired) electrons. The van der Waals surface area contributed by atoms with Crippen LogP contribution in [0.3, 0.4) is 0 Å². The number of ether oxygens (including phenoxy) is 4. The number of alkyl carbamates (subject to hydrolysis) is 2. The Labute approximate surface area is 229 Å². The van der Waals surface area contributed by atoms with Gasteiger partial charge in [0.05, 0.1) is 13.2 Å². The van der Waals surface area contributed by atoms with Crippen molar-refractivity contribution in [3.05, 3.63) is 12.2 Å².